The summed E-state index contributed by atoms with van der Waals surface area (Å²) in [6, 6.07) is 18.8. The Bertz CT molecular complexity index is 1180. The van der Waals surface area contributed by atoms with Gasteiger partial charge in [0.2, 0.25) is 0 Å². The third kappa shape index (κ3) is 7.75. The van der Waals surface area contributed by atoms with E-state index in [2.05, 4.69) is 15.8 Å². The van der Waals surface area contributed by atoms with E-state index in [1.807, 2.05) is 25.1 Å². The molecule has 0 spiro atoms. The first-order chi connectivity index (χ1) is 17.0. The Morgan fingerprint density at radius 3 is 2.49 bits per heavy atom. The number of nitrogens with zero attached hydrogens (tertiary/aromatic N) is 1. The predicted molar refractivity (Wildman–Crippen MR) is 136 cm³/mol. The molecule has 0 aromatic heterocycles. The Labute approximate surface area is 208 Å². The molecule has 0 bridgehead atoms. The second-order valence-electron chi connectivity index (χ2n) is 7.30. The number of halogens is 1. The molecule has 0 saturated carbocycles. The zero-order chi connectivity index (χ0) is 25.0. The minimum Gasteiger partial charge on any atom is -0.493 e. The Morgan fingerprint density at radius 1 is 0.971 bits per heavy atom. The van der Waals surface area contributed by atoms with Gasteiger partial charge in [-0.25, -0.2) is 5.43 Å². The van der Waals surface area contributed by atoms with Crippen molar-refractivity contribution >= 4 is 35.3 Å². The number of rotatable bonds is 11. The Hall–Kier alpha value is -4.04. The largest absolute Gasteiger partial charge is 0.493 e. The van der Waals surface area contributed by atoms with E-state index in [0.717, 1.165) is 6.42 Å². The number of methoxy groups -OCH3 is 1. The average molecular weight is 496 g/mol. The second-order valence-corrected chi connectivity index (χ2v) is 7.73. The van der Waals surface area contributed by atoms with Gasteiger partial charge >= 0.3 is 0 Å². The molecular weight excluding hydrogens is 470 g/mol. The molecule has 2 N–H and O–H groups in total. The molecule has 2 amide bonds. The molecule has 3 aromatic carbocycles. The highest BCUT2D eigenvalue weighted by molar-refractivity contribution is 6.30. The van der Waals surface area contributed by atoms with Crippen molar-refractivity contribution in [2.24, 2.45) is 5.10 Å². The van der Waals surface area contributed by atoms with Crippen LogP contribution in [-0.2, 0) is 4.79 Å². The maximum Gasteiger partial charge on any atom is 0.271 e. The molecular formula is C26H26ClN3O5. The van der Waals surface area contributed by atoms with Gasteiger partial charge in [-0.3, -0.25) is 9.59 Å². The third-order valence-corrected chi connectivity index (χ3v) is 4.88. The van der Waals surface area contributed by atoms with Crippen molar-refractivity contribution in [3.05, 3.63) is 82.9 Å². The van der Waals surface area contributed by atoms with Gasteiger partial charge in [-0.05, 0) is 55.0 Å². The van der Waals surface area contributed by atoms with Gasteiger partial charge in [-0.1, -0.05) is 36.7 Å². The maximum absolute atomic E-state index is 12.5. The van der Waals surface area contributed by atoms with Gasteiger partial charge in [0.15, 0.2) is 18.1 Å². The van der Waals surface area contributed by atoms with Gasteiger partial charge in [-0.15, -0.1) is 0 Å². The molecule has 0 aliphatic carbocycles. The summed E-state index contributed by atoms with van der Waals surface area (Å²) in [7, 11) is 1.51. The first-order valence-electron chi connectivity index (χ1n) is 10.9. The van der Waals surface area contributed by atoms with Crippen LogP contribution >= 0.6 is 11.6 Å². The van der Waals surface area contributed by atoms with E-state index < -0.39 is 5.91 Å². The monoisotopic (exact) mass is 495 g/mol. The van der Waals surface area contributed by atoms with Crippen molar-refractivity contribution in [1.29, 1.82) is 0 Å². The van der Waals surface area contributed by atoms with Crippen molar-refractivity contribution in [3.63, 3.8) is 0 Å². The SMILES string of the molecule is CCCOc1ccc(C(=O)N/N=C/c2cc(Cl)ccc2OCC(=O)Nc2ccccc2)cc1OC. The van der Waals surface area contributed by atoms with E-state index in [-0.39, 0.29) is 12.5 Å². The highest BCUT2D eigenvalue weighted by atomic mass is 35.5. The molecule has 0 fully saturated rings. The highest BCUT2D eigenvalue weighted by Gasteiger charge is 2.11. The fraction of sp³-hybridized carbons (Fsp3) is 0.192. The standard InChI is InChI=1S/C26H26ClN3O5/c1-3-13-34-23-11-9-18(15-24(23)33-2)26(32)30-28-16-19-14-20(27)10-12-22(19)35-17-25(31)29-21-7-5-4-6-8-21/h4-12,14-16H,3,13,17H2,1-2H3,(H,29,31)(H,30,32)/b28-16+. The molecule has 9 heteroatoms. The number of carbonyl (C=O) groups is 2. The van der Waals surface area contributed by atoms with Gasteiger partial charge in [0.1, 0.15) is 5.75 Å². The van der Waals surface area contributed by atoms with Crippen molar-refractivity contribution in [2.45, 2.75) is 13.3 Å². The maximum atomic E-state index is 12.5. The lowest BCUT2D eigenvalue weighted by molar-refractivity contribution is -0.118. The van der Waals surface area contributed by atoms with E-state index in [9.17, 15) is 9.59 Å². The Balaban J connectivity index is 1.62. The summed E-state index contributed by atoms with van der Waals surface area (Å²) in [4.78, 5) is 24.7. The minimum absolute atomic E-state index is 0.212. The molecule has 0 atom stereocenters. The van der Waals surface area contributed by atoms with Crippen molar-refractivity contribution < 1.29 is 23.8 Å². The van der Waals surface area contributed by atoms with Crippen molar-refractivity contribution in [3.8, 4) is 17.2 Å². The molecule has 0 unspecified atom stereocenters. The summed E-state index contributed by atoms with van der Waals surface area (Å²) in [6.07, 6.45) is 2.25. The number of hydrogen-bond donors (Lipinski definition) is 2. The number of carbonyl (C=O) groups excluding carboxylic acids is 2. The van der Waals surface area contributed by atoms with Crippen LogP contribution in [0, 0.1) is 0 Å². The average Bonchev–Trinajstić information content (AvgIpc) is 2.87. The first-order valence-corrected chi connectivity index (χ1v) is 11.3. The zero-order valence-corrected chi connectivity index (χ0v) is 20.2. The number of anilines is 1. The van der Waals surface area contributed by atoms with E-state index in [4.69, 9.17) is 25.8 Å². The van der Waals surface area contributed by atoms with Crippen LogP contribution in [0.4, 0.5) is 5.69 Å². The number of hydrogen-bond acceptors (Lipinski definition) is 6. The summed E-state index contributed by atoms with van der Waals surface area (Å²) >= 11 is 6.10. The van der Waals surface area contributed by atoms with Crippen molar-refractivity contribution in [2.75, 3.05) is 25.6 Å². The fourth-order valence-corrected chi connectivity index (χ4v) is 3.16. The molecule has 8 nitrogen and oxygen atoms in total. The van der Waals surface area contributed by atoms with Crippen LogP contribution in [0.15, 0.2) is 71.8 Å². The summed E-state index contributed by atoms with van der Waals surface area (Å²) in [5.41, 5.74) is 3.97. The van der Waals surface area contributed by atoms with Crippen LogP contribution < -0.4 is 25.0 Å². The van der Waals surface area contributed by atoms with E-state index in [0.29, 0.717) is 45.7 Å². The number of hydrazone groups is 1. The quantitative estimate of drug-likeness (QED) is 0.290. The van der Waals surface area contributed by atoms with Crippen LogP contribution in [0.1, 0.15) is 29.3 Å². The first kappa shape index (κ1) is 25.6. The minimum atomic E-state index is -0.437. The molecule has 0 aliphatic rings. The topological polar surface area (TPSA) is 98.3 Å². The number of para-hydroxylation sites is 1. The molecule has 35 heavy (non-hydrogen) atoms. The Morgan fingerprint density at radius 2 is 1.74 bits per heavy atom. The number of ether oxygens (including phenoxy) is 3. The van der Waals surface area contributed by atoms with Gasteiger partial charge in [0.25, 0.3) is 11.8 Å². The van der Waals surface area contributed by atoms with E-state index in [1.165, 1.54) is 13.3 Å². The second kappa shape index (κ2) is 13.0. The molecule has 0 radical (unpaired) electrons. The van der Waals surface area contributed by atoms with Crippen molar-refractivity contribution in [1.82, 2.24) is 5.43 Å². The summed E-state index contributed by atoms with van der Waals surface area (Å²) in [5.74, 6) is 0.645. The van der Waals surface area contributed by atoms with Crippen LogP contribution in [0.5, 0.6) is 17.2 Å². The molecule has 0 saturated heterocycles. The van der Waals surface area contributed by atoms with Gasteiger partial charge in [-0.2, -0.15) is 5.10 Å². The molecule has 182 valence electrons. The summed E-state index contributed by atoms with van der Waals surface area (Å²) in [5, 5.41) is 7.20. The Kier molecular flexibility index (Phi) is 9.50. The van der Waals surface area contributed by atoms with Crippen LogP contribution in [0.2, 0.25) is 5.02 Å². The van der Waals surface area contributed by atoms with Crippen LogP contribution in [-0.4, -0.2) is 38.4 Å². The van der Waals surface area contributed by atoms with Gasteiger partial charge < -0.3 is 19.5 Å². The fourth-order valence-electron chi connectivity index (χ4n) is 2.98. The predicted octanol–water partition coefficient (Wildman–Crippen LogP) is 4.92. The third-order valence-electron chi connectivity index (χ3n) is 4.65. The van der Waals surface area contributed by atoms with E-state index >= 15 is 0 Å². The lowest BCUT2D eigenvalue weighted by Gasteiger charge is -2.11. The summed E-state index contributed by atoms with van der Waals surface area (Å²) in [6.45, 7) is 2.34. The normalized spacial score (nSPS) is 10.6. The zero-order valence-electron chi connectivity index (χ0n) is 19.4. The number of amides is 2. The molecule has 0 aliphatic heterocycles. The number of benzene rings is 3. The van der Waals surface area contributed by atoms with Crippen LogP contribution in [0.3, 0.4) is 0 Å². The van der Waals surface area contributed by atoms with Crippen LogP contribution in [0.25, 0.3) is 0 Å². The van der Waals surface area contributed by atoms with E-state index in [1.54, 1.807) is 48.5 Å². The lowest BCUT2D eigenvalue weighted by Crippen LogP contribution is -2.20. The molecule has 0 heterocycles. The smallest absolute Gasteiger partial charge is 0.271 e. The number of nitrogens with one attached hydrogen (secondary N) is 2. The summed E-state index contributed by atoms with van der Waals surface area (Å²) < 4.78 is 16.6. The molecule has 3 rings (SSSR count). The highest BCUT2D eigenvalue weighted by Crippen LogP contribution is 2.28. The van der Waals surface area contributed by atoms with Gasteiger partial charge in [0.05, 0.1) is 19.9 Å². The molecule has 3 aromatic rings. The lowest BCUT2D eigenvalue weighted by atomic mass is 10.2. The van der Waals surface area contributed by atoms with Gasteiger partial charge in [0, 0.05) is 21.8 Å².